The first-order valence-corrected chi connectivity index (χ1v) is 9.38. The molecule has 0 unspecified atom stereocenters. The summed E-state index contributed by atoms with van der Waals surface area (Å²) < 4.78 is 7.94. The molecule has 146 valence electrons. The highest BCUT2D eigenvalue weighted by Crippen LogP contribution is 2.39. The Balaban J connectivity index is 2.07. The summed E-state index contributed by atoms with van der Waals surface area (Å²) >= 11 is 0. The third-order valence-electron chi connectivity index (χ3n) is 5.38. The fourth-order valence-electron chi connectivity index (χ4n) is 3.90. The van der Waals surface area contributed by atoms with E-state index in [0.29, 0.717) is 38.8 Å². The van der Waals surface area contributed by atoms with Crippen LogP contribution in [0.4, 0.5) is 0 Å². The molecule has 0 atom stereocenters. The van der Waals surface area contributed by atoms with Crippen molar-refractivity contribution in [3.8, 4) is 16.9 Å². The molecule has 0 spiro atoms. The summed E-state index contributed by atoms with van der Waals surface area (Å²) in [5.74, 6) is 0.133. The molecule has 5 rings (SSSR count). The van der Waals surface area contributed by atoms with Crippen molar-refractivity contribution < 1.29 is 9.52 Å². The number of furan rings is 1. The monoisotopic (exact) mass is 389 g/mol. The number of phenols is 1. The maximum atomic E-state index is 12.9. The van der Waals surface area contributed by atoms with Crippen molar-refractivity contribution in [2.24, 2.45) is 0 Å². The van der Waals surface area contributed by atoms with Gasteiger partial charge in [-0.15, -0.1) is 0 Å². The van der Waals surface area contributed by atoms with Crippen LogP contribution in [0.2, 0.25) is 0 Å². The molecular formula is C22H19N3O4. The molecule has 3 heterocycles. The number of phenolic OH excluding ortho intramolecular Hbond substituents is 1. The molecule has 0 saturated heterocycles. The number of aromatic amines is 2. The van der Waals surface area contributed by atoms with Crippen molar-refractivity contribution >= 4 is 33.1 Å². The summed E-state index contributed by atoms with van der Waals surface area (Å²) in [5, 5.41) is 13.9. The smallest absolute Gasteiger partial charge is 0.274 e. The van der Waals surface area contributed by atoms with Crippen LogP contribution in [0.1, 0.15) is 25.5 Å². The Kier molecular flexibility index (Phi) is 3.52. The molecule has 0 fully saturated rings. The zero-order valence-electron chi connectivity index (χ0n) is 16.2. The van der Waals surface area contributed by atoms with E-state index in [0.717, 1.165) is 10.9 Å². The van der Waals surface area contributed by atoms with Crippen molar-refractivity contribution in [1.82, 2.24) is 14.8 Å². The predicted octanol–water partition coefficient (Wildman–Crippen LogP) is 4.18. The number of benzene rings is 2. The van der Waals surface area contributed by atoms with E-state index in [1.54, 1.807) is 41.9 Å². The van der Waals surface area contributed by atoms with E-state index in [4.69, 9.17) is 4.42 Å². The first-order chi connectivity index (χ1) is 13.9. The van der Waals surface area contributed by atoms with Crippen LogP contribution < -0.4 is 11.0 Å². The van der Waals surface area contributed by atoms with Crippen molar-refractivity contribution in [1.29, 1.82) is 0 Å². The number of hydrogen-bond acceptors (Lipinski definition) is 4. The average molecular weight is 389 g/mol. The van der Waals surface area contributed by atoms with Crippen molar-refractivity contribution in [3.63, 3.8) is 0 Å². The summed E-state index contributed by atoms with van der Waals surface area (Å²) in [5.41, 5.74) is 3.90. The molecule has 0 aliphatic rings. The lowest BCUT2D eigenvalue weighted by Crippen LogP contribution is -2.07. The molecule has 2 aromatic carbocycles. The maximum Gasteiger partial charge on any atom is 0.274 e. The van der Waals surface area contributed by atoms with Crippen LogP contribution in [0.5, 0.6) is 5.75 Å². The highest BCUT2D eigenvalue weighted by molar-refractivity contribution is 6.14. The molecule has 3 N–H and O–H groups in total. The van der Waals surface area contributed by atoms with Crippen LogP contribution in [0.3, 0.4) is 0 Å². The third-order valence-corrected chi connectivity index (χ3v) is 5.38. The molecule has 5 aromatic rings. The Morgan fingerprint density at radius 1 is 1.03 bits per heavy atom. The molecule has 3 aromatic heterocycles. The molecule has 7 heteroatoms. The summed E-state index contributed by atoms with van der Waals surface area (Å²) in [6, 6.07) is 9.92. The quantitative estimate of drug-likeness (QED) is 0.421. The van der Waals surface area contributed by atoms with Gasteiger partial charge in [-0.1, -0.05) is 12.1 Å². The average Bonchev–Trinajstić information content (AvgIpc) is 3.22. The minimum Gasteiger partial charge on any atom is -0.508 e. The number of hydrogen-bond donors (Lipinski definition) is 3. The van der Waals surface area contributed by atoms with Crippen molar-refractivity contribution in [2.45, 2.75) is 26.8 Å². The number of pyridine rings is 1. The topological polar surface area (TPSA) is 104 Å². The van der Waals surface area contributed by atoms with Gasteiger partial charge in [-0.3, -0.25) is 19.4 Å². The van der Waals surface area contributed by atoms with Gasteiger partial charge in [0.2, 0.25) is 0 Å². The maximum absolute atomic E-state index is 12.9. The standard InChI is InChI=1S/C22H19N3O4/c1-10(2)25-21-17(22(28)24-25)16(12-4-6-13(26)7-5-12)20-18(23-21)14-8-9-15(27)11(3)19(14)29-20/h4-10,23,26H,1-3H3,(H,24,28). The second kappa shape index (κ2) is 5.88. The highest BCUT2D eigenvalue weighted by Gasteiger charge is 2.23. The molecule has 0 radical (unpaired) electrons. The number of fused-ring (bicyclic) bond motifs is 4. The molecular weight excluding hydrogens is 370 g/mol. The summed E-state index contributed by atoms with van der Waals surface area (Å²) in [4.78, 5) is 28.4. The zero-order chi connectivity index (χ0) is 20.4. The Bertz CT molecular complexity index is 1530. The minimum absolute atomic E-state index is 0.0229. The van der Waals surface area contributed by atoms with Gasteiger partial charge < -0.3 is 14.5 Å². The Morgan fingerprint density at radius 2 is 1.76 bits per heavy atom. The SMILES string of the molecule is Cc1c(=O)ccc2c1oc1c(-c3ccc(O)cc3)c3c(=O)[nH]n(C(C)C)c3[nH]c12. The molecule has 0 amide bonds. The second-order valence-electron chi connectivity index (χ2n) is 7.55. The predicted molar refractivity (Wildman–Crippen MR) is 113 cm³/mol. The number of nitrogens with one attached hydrogen (secondary N) is 2. The molecule has 7 nitrogen and oxygen atoms in total. The van der Waals surface area contributed by atoms with Gasteiger partial charge >= 0.3 is 0 Å². The lowest BCUT2D eigenvalue weighted by atomic mass is 10.0. The van der Waals surface area contributed by atoms with Gasteiger partial charge in [0.15, 0.2) is 11.0 Å². The number of H-pyrrole nitrogens is 2. The zero-order valence-corrected chi connectivity index (χ0v) is 16.2. The van der Waals surface area contributed by atoms with E-state index in [1.165, 1.54) is 6.07 Å². The lowest BCUT2D eigenvalue weighted by molar-refractivity contribution is 0.475. The molecule has 0 aliphatic heterocycles. The van der Waals surface area contributed by atoms with E-state index in [2.05, 4.69) is 10.1 Å². The van der Waals surface area contributed by atoms with Crippen LogP contribution in [-0.4, -0.2) is 19.9 Å². The Hall–Kier alpha value is -3.74. The number of rotatable bonds is 2. The van der Waals surface area contributed by atoms with Crippen LogP contribution in [0.25, 0.3) is 44.2 Å². The number of aromatic hydroxyl groups is 1. The highest BCUT2D eigenvalue weighted by atomic mass is 16.3. The summed E-state index contributed by atoms with van der Waals surface area (Å²) in [6.07, 6.45) is 0. The molecule has 0 bridgehead atoms. The summed E-state index contributed by atoms with van der Waals surface area (Å²) in [6.45, 7) is 5.69. The van der Waals surface area contributed by atoms with Crippen molar-refractivity contribution in [3.05, 3.63) is 62.5 Å². The third kappa shape index (κ3) is 2.37. The van der Waals surface area contributed by atoms with E-state index in [1.807, 2.05) is 13.8 Å². The molecule has 0 aliphatic carbocycles. The lowest BCUT2D eigenvalue weighted by Gasteiger charge is -2.10. The number of aromatic nitrogens is 3. The fraction of sp³-hybridized carbons (Fsp3) is 0.182. The van der Waals surface area contributed by atoms with Crippen LogP contribution in [0.15, 0.2) is 50.4 Å². The van der Waals surface area contributed by atoms with E-state index in [9.17, 15) is 14.7 Å². The van der Waals surface area contributed by atoms with Crippen molar-refractivity contribution in [2.75, 3.05) is 0 Å². The van der Waals surface area contributed by atoms with E-state index in [-0.39, 0.29) is 22.8 Å². The van der Waals surface area contributed by atoms with Gasteiger partial charge in [0.05, 0.1) is 10.9 Å². The molecule has 0 saturated carbocycles. The van der Waals surface area contributed by atoms with Gasteiger partial charge in [-0.25, -0.2) is 0 Å². The van der Waals surface area contributed by atoms with E-state index >= 15 is 0 Å². The fourth-order valence-corrected chi connectivity index (χ4v) is 3.90. The van der Waals surface area contributed by atoms with Crippen LogP contribution in [-0.2, 0) is 0 Å². The second-order valence-corrected chi connectivity index (χ2v) is 7.55. The van der Waals surface area contributed by atoms with E-state index < -0.39 is 0 Å². The first kappa shape index (κ1) is 17.4. The van der Waals surface area contributed by atoms with Crippen LogP contribution >= 0.6 is 0 Å². The largest absolute Gasteiger partial charge is 0.508 e. The minimum atomic E-state index is -0.239. The summed E-state index contributed by atoms with van der Waals surface area (Å²) in [7, 11) is 0. The number of nitrogens with zero attached hydrogens (tertiary/aromatic N) is 1. The number of aryl methyl sites for hydroxylation is 1. The van der Waals surface area contributed by atoms with Gasteiger partial charge in [-0.05, 0) is 50.6 Å². The normalized spacial score (nSPS) is 12.0. The van der Waals surface area contributed by atoms with Gasteiger partial charge in [-0.2, -0.15) is 0 Å². The Labute approximate surface area is 164 Å². The van der Waals surface area contributed by atoms with Gasteiger partial charge in [0, 0.05) is 22.6 Å². The van der Waals surface area contributed by atoms with Gasteiger partial charge in [0.25, 0.3) is 5.56 Å². The Morgan fingerprint density at radius 3 is 2.45 bits per heavy atom. The first-order valence-electron chi connectivity index (χ1n) is 9.38. The van der Waals surface area contributed by atoms with Gasteiger partial charge in [0.1, 0.15) is 17.0 Å². The molecule has 29 heavy (non-hydrogen) atoms. The van der Waals surface area contributed by atoms with Crippen LogP contribution in [0, 0.1) is 6.92 Å².